The standard InChI is InChI=1S/C23H23FN4O5/c1-13(2)20(21(30)26-18-8-3-14(12-25)11-17(18)24)28-22(31)19(27-23(28)32)15-4-6-16(7-5-15)33-10-9-29/h3-8,11,13,20,29,31H,9-10H2,1-2H3,(H,26,30)(H,27,32)/t20-/m0/s1. The number of aliphatic hydroxyl groups excluding tert-OH is 1. The molecule has 0 saturated carbocycles. The Morgan fingerprint density at radius 3 is 2.55 bits per heavy atom. The molecule has 172 valence electrons. The summed E-state index contributed by atoms with van der Waals surface area (Å²) < 4.78 is 20.5. The van der Waals surface area contributed by atoms with Crippen molar-refractivity contribution in [2.24, 2.45) is 5.92 Å². The number of nitrogens with zero attached hydrogens (tertiary/aromatic N) is 2. The normalized spacial score (nSPS) is 11.8. The topological polar surface area (TPSA) is 140 Å². The van der Waals surface area contributed by atoms with Crippen LogP contribution in [0.3, 0.4) is 0 Å². The molecule has 0 aliphatic rings. The van der Waals surface area contributed by atoms with Gasteiger partial charge in [-0.05, 0) is 48.4 Å². The maximum absolute atomic E-state index is 14.2. The highest BCUT2D eigenvalue weighted by Gasteiger charge is 2.30. The van der Waals surface area contributed by atoms with Gasteiger partial charge in [-0.15, -0.1) is 0 Å². The van der Waals surface area contributed by atoms with Crippen LogP contribution in [0.15, 0.2) is 47.3 Å². The summed E-state index contributed by atoms with van der Waals surface area (Å²) in [5.41, 5.74) is -0.177. The van der Waals surface area contributed by atoms with Gasteiger partial charge in [-0.2, -0.15) is 5.26 Å². The molecular formula is C23H23FN4O5. The number of anilines is 1. The van der Waals surface area contributed by atoms with E-state index in [1.165, 1.54) is 12.1 Å². The van der Waals surface area contributed by atoms with Crippen LogP contribution in [0.2, 0.25) is 0 Å². The smallest absolute Gasteiger partial charge is 0.329 e. The second-order valence-corrected chi connectivity index (χ2v) is 7.58. The van der Waals surface area contributed by atoms with E-state index in [0.29, 0.717) is 11.3 Å². The molecule has 0 aliphatic heterocycles. The van der Waals surface area contributed by atoms with Crippen LogP contribution in [0.5, 0.6) is 11.6 Å². The van der Waals surface area contributed by atoms with E-state index < -0.39 is 35.3 Å². The molecule has 1 aromatic heterocycles. The number of benzene rings is 2. The fraction of sp³-hybridized carbons (Fsp3) is 0.261. The molecule has 0 fully saturated rings. The van der Waals surface area contributed by atoms with Gasteiger partial charge in [0.25, 0.3) is 0 Å². The maximum Gasteiger partial charge on any atom is 0.329 e. The Bertz CT molecular complexity index is 1240. The molecule has 2 aromatic carbocycles. The number of hydrogen-bond donors (Lipinski definition) is 4. The SMILES string of the molecule is CC(C)[C@@H](C(=O)Nc1ccc(C#N)cc1F)n1c(O)c(-c2ccc(OCCO)cc2)[nH]c1=O. The fourth-order valence-electron chi connectivity index (χ4n) is 3.39. The van der Waals surface area contributed by atoms with Gasteiger partial charge in [-0.3, -0.25) is 4.79 Å². The Labute approximate surface area is 188 Å². The van der Waals surface area contributed by atoms with Gasteiger partial charge < -0.3 is 25.3 Å². The van der Waals surface area contributed by atoms with Gasteiger partial charge in [-0.25, -0.2) is 13.8 Å². The van der Waals surface area contributed by atoms with E-state index in [4.69, 9.17) is 15.1 Å². The number of carbonyl (C=O) groups excluding carboxylic acids is 1. The van der Waals surface area contributed by atoms with Crippen molar-refractivity contribution in [3.8, 4) is 29.0 Å². The van der Waals surface area contributed by atoms with Crippen molar-refractivity contribution in [2.75, 3.05) is 18.5 Å². The number of aromatic nitrogens is 2. The first kappa shape index (κ1) is 23.6. The minimum absolute atomic E-state index is 0.0998. The van der Waals surface area contributed by atoms with Crippen LogP contribution >= 0.6 is 0 Å². The van der Waals surface area contributed by atoms with Gasteiger partial charge in [0.15, 0.2) is 0 Å². The average molecular weight is 454 g/mol. The van der Waals surface area contributed by atoms with Gasteiger partial charge in [0.05, 0.1) is 23.9 Å². The molecule has 0 radical (unpaired) electrons. The minimum Gasteiger partial charge on any atom is -0.493 e. The van der Waals surface area contributed by atoms with Crippen LogP contribution < -0.4 is 15.7 Å². The number of H-pyrrole nitrogens is 1. The first-order chi connectivity index (χ1) is 15.8. The van der Waals surface area contributed by atoms with E-state index in [2.05, 4.69) is 10.3 Å². The zero-order valence-corrected chi connectivity index (χ0v) is 18.0. The molecule has 1 heterocycles. The Hall–Kier alpha value is -4.10. The molecule has 3 rings (SSSR count). The third-order valence-corrected chi connectivity index (χ3v) is 4.94. The number of halogens is 1. The molecule has 0 saturated heterocycles. The first-order valence-electron chi connectivity index (χ1n) is 10.1. The highest BCUT2D eigenvalue weighted by Crippen LogP contribution is 2.32. The summed E-state index contributed by atoms with van der Waals surface area (Å²) in [5.74, 6) is -1.88. The van der Waals surface area contributed by atoms with E-state index in [1.807, 2.05) is 6.07 Å². The minimum atomic E-state index is -1.15. The van der Waals surface area contributed by atoms with Crippen molar-refractivity contribution in [2.45, 2.75) is 19.9 Å². The number of aromatic amines is 1. The first-order valence-corrected chi connectivity index (χ1v) is 10.1. The summed E-state index contributed by atoms with van der Waals surface area (Å²) in [6.07, 6.45) is 0. The highest BCUT2D eigenvalue weighted by molar-refractivity contribution is 5.94. The van der Waals surface area contributed by atoms with Crippen LogP contribution in [0, 0.1) is 23.1 Å². The molecule has 0 spiro atoms. The number of nitrogens with one attached hydrogen (secondary N) is 2. The Morgan fingerprint density at radius 1 is 1.27 bits per heavy atom. The van der Waals surface area contributed by atoms with E-state index in [0.717, 1.165) is 10.6 Å². The molecule has 0 unspecified atom stereocenters. The van der Waals surface area contributed by atoms with Crippen molar-refractivity contribution < 1.29 is 24.1 Å². The number of aromatic hydroxyl groups is 1. The Morgan fingerprint density at radius 2 is 1.97 bits per heavy atom. The molecule has 4 N–H and O–H groups in total. The molecule has 0 aliphatic carbocycles. The fourth-order valence-corrected chi connectivity index (χ4v) is 3.39. The molecule has 9 nitrogen and oxygen atoms in total. The number of ether oxygens (including phenoxy) is 1. The van der Waals surface area contributed by atoms with Crippen molar-refractivity contribution >= 4 is 11.6 Å². The third kappa shape index (κ3) is 5.05. The van der Waals surface area contributed by atoms with Crippen LogP contribution in [-0.2, 0) is 4.79 Å². The van der Waals surface area contributed by atoms with Gasteiger partial charge in [0.1, 0.15) is 29.9 Å². The lowest BCUT2D eigenvalue weighted by Crippen LogP contribution is -2.35. The zero-order valence-electron chi connectivity index (χ0n) is 18.0. The van der Waals surface area contributed by atoms with Crippen LogP contribution in [-0.4, -0.2) is 38.9 Å². The largest absolute Gasteiger partial charge is 0.493 e. The van der Waals surface area contributed by atoms with Crippen LogP contribution in [0.1, 0.15) is 25.5 Å². The number of rotatable bonds is 8. The van der Waals surface area contributed by atoms with Crippen molar-refractivity contribution in [3.63, 3.8) is 0 Å². The zero-order chi connectivity index (χ0) is 24.1. The highest BCUT2D eigenvalue weighted by atomic mass is 19.1. The average Bonchev–Trinajstić information content (AvgIpc) is 3.08. The van der Waals surface area contributed by atoms with Crippen molar-refractivity contribution in [1.29, 1.82) is 5.26 Å². The van der Waals surface area contributed by atoms with E-state index in [1.54, 1.807) is 38.1 Å². The van der Waals surface area contributed by atoms with Gasteiger partial charge >= 0.3 is 5.69 Å². The van der Waals surface area contributed by atoms with Crippen molar-refractivity contribution in [3.05, 3.63) is 64.3 Å². The lowest BCUT2D eigenvalue weighted by atomic mass is 10.0. The molecular weight excluding hydrogens is 431 g/mol. The van der Waals surface area contributed by atoms with E-state index >= 15 is 0 Å². The van der Waals surface area contributed by atoms with Crippen LogP contribution in [0.4, 0.5) is 10.1 Å². The van der Waals surface area contributed by atoms with Gasteiger partial charge in [-0.1, -0.05) is 13.8 Å². The number of nitriles is 1. The lowest BCUT2D eigenvalue weighted by Gasteiger charge is -2.22. The maximum atomic E-state index is 14.2. The third-order valence-electron chi connectivity index (χ3n) is 4.94. The number of aliphatic hydroxyl groups is 1. The van der Waals surface area contributed by atoms with Crippen LogP contribution in [0.25, 0.3) is 11.3 Å². The molecule has 1 atom stereocenters. The summed E-state index contributed by atoms with van der Waals surface area (Å²) in [6, 6.07) is 10.7. The second kappa shape index (κ2) is 10.0. The Balaban J connectivity index is 1.93. The predicted octanol–water partition coefficient (Wildman–Crippen LogP) is 2.77. The summed E-state index contributed by atoms with van der Waals surface area (Å²) >= 11 is 0. The monoisotopic (exact) mass is 454 g/mol. The molecule has 10 heteroatoms. The van der Waals surface area contributed by atoms with Gasteiger partial charge in [0, 0.05) is 5.56 Å². The number of carbonyl (C=O) groups is 1. The summed E-state index contributed by atoms with van der Waals surface area (Å²) in [4.78, 5) is 28.3. The van der Waals surface area contributed by atoms with Crippen molar-refractivity contribution in [1.82, 2.24) is 9.55 Å². The quantitative estimate of drug-likeness (QED) is 0.413. The molecule has 3 aromatic rings. The number of hydrogen-bond acceptors (Lipinski definition) is 6. The lowest BCUT2D eigenvalue weighted by molar-refractivity contribution is -0.120. The summed E-state index contributed by atoms with van der Waals surface area (Å²) in [5, 5.41) is 30.9. The predicted molar refractivity (Wildman–Crippen MR) is 118 cm³/mol. The Kier molecular flexibility index (Phi) is 7.15. The van der Waals surface area contributed by atoms with Gasteiger partial charge in [0.2, 0.25) is 11.8 Å². The van der Waals surface area contributed by atoms with E-state index in [9.17, 15) is 19.1 Å². The summed E-state index contributed by atoms with van der Waals surface area (Å²) in [6.45, 7) is 3.36. The number of amides is 1. The number of imidazole rings is 1. The summed E-state index contributed by atoms with van der Waals surface area (Å²) in [7, 11) is 0. The van der Waals surface area contributed by atoms with E-state index in [-0.39, 0.29) is 30.2 Å². The molecule has 1 amide bonds. The molecule has 0 bridgehead atoms. The second-order valence-electron chi connectivity index (χ2n) is 7.58. The molecule has 33 heavy (non-hydrogen) atoms.